The van der Waals surface area contributed by atoms with Crippen LogP contribution in [0.2, 0.25) is 0 Å². The summed E-state index contributed by atoms with van der Waals surface area (Å²) in [4.78, 5) is 0. The lowest BCUT2D eigenvalue weighted by Crippen LogP contribution is -2.23. The third-order valence-electron chi connectivity index (χ3n) is 9.11. The van der Waals surface area contributed by atoms with E-state index < -0.39 is 0 Å². The van der Waals surface area contributed by atoms with Gasteiger partial charge in [0.25, 0.3) is 0 Å². The van der Waals surface area contributed by atoms with Crippen LogP contribution < -0.4 is 9.47 Å². The topological polar surface area (TPSA) is 58.9 Å². The molecule has 0 spiro atoms. The quantitative estimate of drug-likeness (QED) is 0.239. The Balaban J connectivity index is 2.19. The standard InChI is InChI=1S/C37H50O4/c1-14-15-16-40-35-26(36(8,9)10)17-25(18-27(35)37(11,12)13)30-28-23(6)31(38)19(2)21(4)33(28)41-34-22(5)20(3)32(39)24(7)29(30)34/h17-18,30,38-39H,14-16H2,1-13H3. The Hall–Kier alpha value is -3.14. The third kappa shape index (κ3) is 5.08. The minimum absolute atomic E-state index is 0.171. The van der Waals surface area contributed by atoms with Gasteiger partial charge in [-0.15, -0.1) is 0 Å². The van der Waals surface area contributed by atoms with Crippen LogP contribution in [0.15, 0.2) is 12.1 Å². The highest BCUT2D eigenvalue weighted by Crippen LogP contribution is 2.57. The van der Waals surface area contributed by atoms with Gasteiger partial charge in [0.1, 0.15) is 28.7 Å². The van der Waals surface area contributed by atoms with E-state index in [9.17, 15) is 10.2 Å². The zero-order valence-corrected chi connectivity index (χ0v) is 27.6. The molecule has 0 saturated heterocycles. The van der Waals surface area contributed by atoms with Gasteiger partial charge in [0.15, 0.2) is 0 Å². The summed E-state index contributed by atoms with van der Waals surface area (Å²) >= 11 is 0. The Morgan fingerprint density at radius 3 is 1.46 bits per heavy atom. The third-order valence-corrected chi connectivity index (χ3v) is 9.11. The maximum atomic E-state index is 11.3. The average Bonchev–Trinajstić information content (AvgIpc) is 2.90. The second-order valence-electron chi connectivity index (χ2n) is 14.1. The first-order chi connectivity index (χ1) is 18.9. The second kappa shape index (κ2) is 10.6. The maximum absolute atomic E-state index is 11.3. The summed E-state index contributed by atoms with van der Waals surface area (Å²) in [7, 11) is 0. The minimum atomic E-state index is -0.240. The molecule has 0 aromatic heterocycles. The van der Waals surface area contributed by atoms with Gasteiger partial charge in [-0.3, -0.25) is 0 Å². The van der Waals surface area contributed by atoms with E-state index in [-0.39, 0.29) is 16.7 Å². The molecule has 1 aliphatic rings. The summed E-state index contributed by atoms with van der Waals surface area (Å²) in [6, 6.07) is 4.61. The van der Waals surface area contributed by atoms with E-state index >= 15 is 0 Å². The Kier molecular flexibility index (Phi) is 7.97. The summed E-state index contributed by atoms with van der Waals surface area (Å²) in [5.74, 6) is 2.96. The Labute approximate surface area is 247 Å². The molecule has 4 nitrogen and oxygen atoms in total. The number of unbranched alkanes of at least 4 members (excludes halogenated alkanes) is 1. The minimum Gasteiger partial charge on any atom is -0.507 e. The van der Waals surface area contributed by atoms with Gasteiger partial charge < -0.3 is 19.7 Å². The van der Waals surface area contributed by atoms with Gasteiger partial charge in [0.2, 0.25) is 0 Å². The van der Waals surface area contributed by atoms with Gasteiger partial charge in [0, 0.05) is 28.2 Å². The number of rotatable bonds is 5. The van der Waals surface area contributed by atoms with Crippen LogP contribution in [0.5, 0.6) is 28.7 Å². The normalized spacial score (nSPS) is 13.6. The Morgan fingerprint density at radius 1 is 0.683 bits per heavy atom. The van der Waals surface area contributed by atoms with E-state index in [1.165, 1.54) is 11.1 Å². The molecular weight excluding hydrogens is 508 g/mol. The van der Waals surface area contributed by atoms with Crippen LogP contribution in [0.1, 0.15) is 128 Å². The Bertz CT molecular complexity index is 1410. The number of hydrogen-bond acceptors (Lipinski definition) is 4. The van der Waals surface area contributed by atoms with Crippen LogP contribution >= 0.6 is 0 Å². The first-order valence-electron chi connectivity index (χ1n) is 15.1. The smallest absolute Gasteiger partial charge is 0.135 e. The van der Waals surface area contributed by atoms with Crippen LogP contribution in [0.3, 0.4) is 0 Å². The summed E-state index contributed by atoms with van der Waals surface area (Å²) < 4.78 is 13.4. The highest BCUT2D eigenvalue weighted by molar-refractivity contribution is 5.72. The maximum Gasteiger partial charge on any atom is 0.135 e. The number of benzene rings is 3. The number of ether oxygens (including phenoxy) is 2. The van der Waals surface area contributed by atoms with E-state index in [2.05, 4.69) is 60.6 Å². The van der Waals surface area contributed by atoms with Gasteiger partial charge in [-0.25, -0.2) is 0 Å². The lowest BCUT2D eigenvalue weighted by Gasteiger charge is -2.37. The van der Waals surface area contributed by atoms with Crippen LogP contribution in [-0.2, 0) is 10.8 Å². The van der Waals surface area contributed by atoms with Crippen molar-refractivity contribution < 1.29 is 19.7 Å². The number of phenolic OH excluding ortho intramolecular Hbond substituents is 2. The first kappa shape index (κ1) is 30.8. The van der Waals surface area contributed by atoms with Crippen molar-refractivity contribution in [2.75, 3.05) is 6.61 Å². The molecule has 4 rings (SSSR count). The highest BCUT2D eigenvalue weighted by atomic mass is 16.5. The molecule has 1 heterocycles. The molecule has 0 bridgehead atoms. The predicted octanol–water partition coefficient (Wildman–Crippen LogP) is 10.0. The van der Waals surface area contributed by atoms with Crippen molar-refractivity contribution in [2.24, 2.45) is 0 Å². The second-order valence-corrected chi connectivity index (χ2v) is 14.1. The zero-order chi connectivity index (χ0) is 30.8. The van der Waals surface area contributed by atoms with E-state index in [4.69, 9.17) is 9.47 Å². The molecule has 41 heavy (non-hydrogen) atoms. The van der Waals surface area contributed by atoms with Crippen LogP contribution in [-0.4, -0.2) is 16.8 Å². The molecule has 0 atom stereocenters. The molecule has 2 N–H and O–H groups in total. The molecule has 0 radical (unpaired) electrons. The van der Waals surface area contributed by atoms with E-state index in [1.807, 2.05) is 41.5 Å². The Morgan fingerprint density at radius 2 is 1.10 bits per heavy atom. The molecule has 4 heteroatoms. The van der Waals surface area contributed by atoms with Crippen molar-refractivity contribution in [3.63, 3.8) is 0 Å². The molecule has 3 aromatic rings. The van der Waals surface area contributed by atoms with Gasteiger partial charge in [0.05, 0.1) is 6.61 Å². The molecule has 3 aromatic carbocycles. The van der Waals surface area contributed by atoms with Crippen molar-refractivity contribution in [1.29, 1.82) is 0 Å². The van der Waals surface area contributed by atoms with Crippen molar-refractivity contribution in [2.45, 2.75) is 120 Å². The number of phenols is 2. The van der Waals surface area contributed by atoms with Gasteiger partial charge in [-0.05, 0) is 97.7 Å². The molecule has 1 aliphatic heterocycles. The van der Waals surface area contributed by atoms with Crippen molar-refractivity contribution in [1.82, 2.24) is 0 Å². The summed E-state index contributed by atoms with van der Waals surface area (Å²) in [5, 5.41) is 22.6. The molecule has 0 fully saturated rings. The van der Waals surface area contributed by atoms with Crippen LogP contribution in [0, 0.1) is 41.5 Å². The predicted molar refractivity (Wildman–Crippen MR) is 170 cm³/mol. The monoisotopic (exact) mass is 558 g/mol. The molecule has 0 unspecified atom stereocenters. The molecule has 0 amide bonds. The fourth-order valence-electron chi connectivity index (χ4n) is 6.20. The number of hydrogen-bond donors (Lipinski definition) is 2. The zero-order valence-electron chi connectivity index (χ0n) is 27.6. The summed E-state index contributed by atoms with van der Waals surface area (Å²) in [5.41, 5.74) is 10.2. The molecular formula is C37H50O4. The highest BCUT2D eigenvalue weighted by Gasteiger charge is 2.39. The van der Waals surface area contributed by atoms with Gasteiger partial charge in [-0.1, -0.05) is 67.0 Å². The molecule has 222 valence electrons. The van der Waals surface area contributed by atoms with Crippen molar-refractivity contribution >= 4 is 0 Å². The van der Waals surface area contributed by atoms with Crippen LogP contribution in [0.4, 0.5) is 0 Å². The van der Waals surface area contributed by atoms with Crippen LogP contribution in [0.25, 0.3) is 0 Å². The summed E-state index contributed by atoms with van der Waals surface area (Å²) in [6.07, 6.45) is 2.08. The lowest BCUT2D eigenvalue weighted by molar-refractivity contribution is 0.292. The molecule has 0 saturated carbocycles. The van der Waals surface area contributed by atoms with Gasteiger partial charge in [-0.2, -0.15) is 0 Å². The van der Waals surface area contributed by atoms with Crippen molar-refractivity contribution in [3.05, 3.63) is 73.3 Å². The average molecular weight is 559 g/mol. The van der Waals surface area contributed by atoms with Crippen molar-refractivity contribution in [3.8, 4) is 28.7 Å². The fraction of sp³-hybridized carbons (Fsp3) is 0.514. The SMILES string of the molecule is CCCCOc1c(C(C)(C)C)cc(C2c3c(C)c(O)c(C)c(C)c3Oc3c(C)c(C)c(O)c(C)c32)cc1C(C)(C)C. The first-order valence-corrected chi connectivity index (χ1v) is 15.1. The molecule has 0 aliphatic carbocycles. The summed E-state index contributed by atoms with van der Waals surface area (Å²) in [6.45, 7) is 28.2. The van der Waals surface area contributed by atoms with E-state index in [0.29, 0.717) is 18.1 Å². The van der Waals surface area contributed by atoms with Gasteiger partial charge >= 0.3 is 0 Å². The number of aromatic hydroxyl groups is 2. The van der Waals surface area contributed by atoms with E-state index in [1.54, 1.807) is 0 Å². The van der Waals surface area contributed by atoms with E-state index in [0.717, 1.165) is 80.2 Å². The number of fused-ring (bicyclic) bond motifs is 2. The lowest BCUT2D eigenvalue weighted by atomic mass is 9.72. The fourth-order valence-corrected chi connectivity index (χ4v) is 6.20. The largest absolute Gasteiger partial charge is 0.507 e.